The highest BCUT2D eigenvalue weighted by molar-refractivity contribution is 6.12. The molecule has 0 radical (unpaired) electrons. The van der Waals surface area contributed by atoms with Crippen molar-refractivity contribution in [2.24, 2.45) is 7.05 Å². The van der Waals surface area contributed by atoms with Gasteiger partial charge in [0.05, 0.1) is 11.4 Å². The van der Waals surface area contributed by atoms with Gasteiger partial charge in [-0.25, -0.2) is 9.48 Å². The van der Waals surface area contributed by atoms with Crippen molar-refractivity contribution in [2.45, 2.75) is 12.5 Å². The second-order valence-corrected chi connectivity index (χ2v) is 8.79. The average molecular weight is 496 g/mol. The molecule has 3 aromatic carbocycles. The number of urea groups is 1. The Bertz CT molecular complexity index is 1500. The van der Waals surface area contributed by atoms with Crippen molar-refractivity contribution in [3.05, 3.63) is 118 Å². The van der Waals surface area contributed by atoms with Crippen LogP contribution in [0.3, 0.4) is 0 Å². The molecule has 0 bridgehead atoms. The summed E-state index contributed by atoms with van der Waals surface area (Å²) in [5, 5.41) is 5.43. The third kappa shape index (κ3) is 3.90. The summed E-state index contributed by atoms with van der Waals surface area (Å²) in [6.45, 7) is 1.16. The molecule has 5 rings (SSSR count). The van der Waals surface area contributed by atoms with Crippen LogP contribution in [0.1, 0.15) is 16.8 Å². The number of benzene rings is 3. The minimum absolute atomic E-state index is 0.0841. The van der Waals surface area contributed by atoms with Crippen LogP contribution in [0.15, 0.2) is 95.8 Å². The summed E-state index contributed by atoms with van der Waals surface area (Å²) in [6.07, 6.45) is 0. The number of imide groups is 1. The molecule has 1 aromatic heterocycles. The van der Waals surface area contributed by atoms with Gasteiger partial charge in [0.25, 0.3) is 11.5 Å². The molecule has 9 heteroatoms. The van der Waals surface area contributed by atoms with Gasteiger partial charge >= 0.3 is 6.03 Å². The maximum absolute atomic E-state index is 13.8. The highest BCUT2D eigenvalue weighted by Gasteiger charge is 2.54. The molecule has 0 unspecified atom stereocenters. The highest BCUT2D eigenvalue weighted by atomic mass is 16.2. The van der Waals surface area contributed by atoms with Crippen LogP contribution >= 0.6 is 0 Å². The van der Waals surface area contributed by atoms with Gasteiger partial charge in [-0.1, -0.05) is 78.9 Å². The lowest BCUT2D eigenvalue weighted by Gasteiger charge is -2.27. The number of hydrogen-bond acceptors (Lipinski definition) is 4. The van der Waals surface area contributed by atoms with Crippen LogP contribution in [-0.4, -0.2) is 38.7 Å². The predicted octanol–water partition coefficient (Wildman–Crippen LogP) is 2.92. The Labute approximate surface area is 212 Å². The number of nitrogens with one attached hydrogen (secondary N) is 2. The SMILES string of the molecule is Cc1c(NC(=O)CN2C(=O)NC(c3ccccc3)(c3ccccc3)C2=O)c(=O)n(-c2ccccc2)n1C. The fourth-order valence-electron chi connectivity index (χ4n) is 4.69. The molecular formula is C28H25N5O4. The van der Waals surface area contributed by atoms with Gasteiger partial charge in [0.2, 0.25) is 5.91 Å². The number of para-hydroxylation sites is 1. The number of rotatable bonds is 6. The van der Waals surface area contributed by atoms with Gasteiger partial charge in [-0.15, -0.1) is 0 Å². The lowest BCUT2D eigenvalue weighted by atomic mass is 9.82. The van der Waals surface area contributed by atoms with Gasteiger partial charge in [0, 0.05) is 7.05 Å². The van der Waals surface area contributed by atoms with Crippen molar-refractivity contribution >= 4 is 23.5 Å². The zero-order valence-electron chi connectivity index (χ0n) is 20.3. The summed E-state index contributed by atoms with van der Waals surface area (Å²) < 4.78 is 3.07. The minimum Gasteiger partial charge on any atom is -0.318 e. The van der Waals surface area contributed by atoms with Gasteiger partial charge in [-0.2, -0.15) is 0 Å². The van der Waals surface area contributed by atoms with Crippen molar-refractivity contribution in [1.29, 1.82) is 0 Å². The fourth-order valence-corrected chi connectivity index (χ4v) is 4.69. The quantitative estimate of drug-likeness (QED) is 0.401. The second kappa shape index (κ2) is 9.27. The first-order valence-electron chi connectivity index (χ1n) is 11.7. The molecule has 37 heavy (non-hydrogen) atoms. The Balaban J connectivity index is 1.44. The zero-order chi connectivity index (χ0) is 26.2. The molecule has 0 spiro atoms. The molecule has 2 heterocycles. The minimum atomic E-state index is -1.47. The van der Waals surface area contributed by atoms with E-state index in [1.54, 1.807) is 79.3 Å². The highest BCUT2D eigenvalue weighted by Crippen LogP contribution is 2.35. The summed E-state index contributed by atoms with van der Waals surface area (Å²) in [5.41, 5.74) is 0.521. The van der Waals surface area contributed by atoms with E-state index in [4.69, 9.17) is 0 Å². The lowest BCUT2D eigenvalue weighted by Crippen LogP contribution is -2.45. The van der Waals surface area contributed by atoms with Crippen molar-refractivity contribution in [1.82, 2.24) is 19.6 Å². The Morgan fingerprint density at radius 1 is 0.838 bits per heavy atom. The van der Waals surface area contributed by atoms with Crippen LogP contribution in [0.5, 0.6) is 0 Å². The molecule has 1 fully saturated rings. The van der Waals surface area contributed by atoms with Crippen molar-refractivity contribution < 1.29 is 14.4 Å². The van der Waals surface area contributed by atoms with Gasteiger partial charge in [-0.3, -0.25) is 24.0 Å². The number of hydrogen-bond donors (Lipinski definition) is 2. The molecule has 1 aliphatic rings. The van der Waals surface area contributed by atoms with Crippen molar-refractivity contribution in [3.63, 3.8) is 0 Å². The number of nitrogens with zero attached hydrogens (tertiary/aromatic N) is 3. The third-order valence-electron chi connectivity index (χ3n) is 6.64. The van der Waals surface area contributed by atoms with Crippen molar-refractivity contribution in [3.8, 4) is 5.69 Å². The lowest BCUT2D eigenvalue weighted by molar-refractivity contribution is -0.133. The van der Waals surface area contributed by atoms with Crippen LogP contribution in [0.25, 0.3) is 5.69 Å². The van der Waals surface area contributed by atoms with Crippen molar-refractivity contribution in [2.75, 3.05) is 11.9 Å². The van der Waals surface area contributed by atoms with Gasteiger partial charge in [-0.05, 0) is 30.2 Å². The first-order chi connectivity index (χ1) is 17.8. The molecular weight excluding hydrogens is 470 g/mol. The number of anilines is 1. The Kier molecular flexibility index (Phi) is 5.96. The molecule has 0 saturated carbocycles. The molecule has 1 aliphatic heterocycles. The van der Waals surface area contributed by atoms with E-state index < -0.39 is 35.5 Å². The number of carbonyl (C=O) groups is 3. The van der Waals surface area contributed by atoms with Gasteiger partial charge < -0.3 is 10.6 Å². The monoisotopic (exact) mass is 495 g/mol. The third-order valence-corrected chi connectivity index (χ3v) is 6.64. The Hall–Kier alpha value is -4.92. The molecule has 0 atom stereocenters. The molecule has 0 aliphatic carbocycles. The van der Waals surface area contributed by atoms with Crippen LogP contribution < -0.4 is 16.2 Å². The summed E-state index contributed by atoms with van der Waals surface area (Å²) >= 11 is 0. The summed E-state index contributed by atoms with van der Waals surface area (Å²) in [7, 11) is 1.71. The first kappa shape index (κ1) is 23.8. The maximum atomic E-state index is 13.8. The molecule has 4 amide bonds. The smallest absolute Gasteiger partial charge is 0.318 e. The van der Waals surface area contributed by atoms with E-state index in [2.05, 4.69) is 10.6 Å². The van der Waals surface area contributed by atoms with Crippen LogP contribution in [0, 0.1) is 6.92 Å². The van der Waals surface area contributed by atoms with E-state index >= 15 is 0 Å². The summed E-state index contributed by atoms with van der Waals surface area (Å²) in [5.74, 6) is -1.23. The van der Waals surface area contributed by atoms with Crippen LogP contribution in [0.4, 0.5) is 10.5 Å². The first-order valence-corrected chi connectivity index (χ1v) is 11.7. The topological polar surface area (TPSA) is 105 Å². The standard InChI is InChI=1S/C28H25N5O4/c1-19-24(25(35)33(31(19)2)22-16-10-5-11-17-22)29-23(34)18-32-26(36)28(30-27(32)37,20-12-6-3-7-13-20)21-14-8-4-9-15-21/h3-17H,18H2,1-2H3,(H,29,34)(H,30,37). The molecule has 2 N–H and O–H groups in total. The molecule has 186 valence electrons. The van der Waals surface area contributed by atoms with E-state index in [0.29, 0.717) is 22.5 Å². The van der Waals surface area contributed by atoms with Crippen LogP contribution in [-0.2, 0) is 22.2 Å². The second-order valence-electron chi connectivity index (χ2n) is 8.79. The van der Waals surface area contributed by atoms with E-state index in [1.807, 2.05) is 30.3 Å². The largest absolute Gasteiger partial charge is 0.326 e. The van der Waals surface area contributed by atoms with Gasteiger partial charge in [0.1, 0.15) is 12.2 Å². The summed E-state index contributed by atoms with van der Waals surface area (Å²) in [6, 6.07) is 26.1. The fraction of sp³-hybridized carbons (Fsp3) is 0.143. The summed E-state index contributed by atoms with van der Waals surface area (Å²) in [4.78, 5) is 53.9. The molecule has 4 aromatic rings. The Morgan fingerprint density at radius 2 is 1.35 bits per heavy atom. The van der Waals surface area contributed by atoms with E-state index in [0.717, 1.165) is 4.90 Å². The zero-order valence-corrected chi connectivity index (χ0v) is 20.3. The average Bonchev–Trinajstić information content (AvgIpc) is 3.30. The molecule has 1 saturated heterocycles. The van der Waals surface area contributed by atoms with E-state index in [9.17, 15) is 19.2 Å². The van der Waals surface area contributed by atoms with E-state index in [1.165, 1.54) is 4.68 Å². The van der Waals surface area contributed by atoms with Gasteiger partial charge in [0.15, 0.2) is 5.54 Å². The van der Waals surface area contributed by atoms with Crippen LogP contribution in [0.2, 0.25) is 0 Å². The number of aromatic nitrogens is 2. The van der Waals surface area contributed by atoms with E-state index in [-0.39, 0.29) is 5.69 Å². The number of amides is 4. The molecule has 9 nitrogen and oxygen atoms in total. The normalized spacial score (nSPS) is 14.5. The number of carbonyl (C=O) groups excluding carboxylic acids is 3. The Morgan fingerprint density at radius 3 is 1.89 bits per heavy atom. The maximum Gasteiger partial charge on any atom is 0.326 e. The predicted molar refractivity (Wildman–Crippen MR) is 138 cm³/mol.